The van der Waals surface area contributed by atoms with Crippen molar-refractivity contribution < 1.29 is 9.18 Å². The summed E-state index contributed by atoms with van der Waals surface area (Å²) in [5.74, 6) is -0.820. The topological polar surface area (TPSA) is 54.4 Å². The van der Waals surface area contributed by atoms with Crippen LogP contribution >= 0.6 is 15.9 Å². The van der Waals surface area contributed by atoms with Crippen LogP contribution in [0.4, 0.5) is 4.39 Å². The summed E-state index contributed by atoms with van der Waals surface area (Å²) < 4.78 is 14.6. The van der Waals surface area contributed by atoms with Gasteiger partial charge in [0.25, 0.3) is 5.91 Å². The zero-order chi connectivity index (χ0) is 20.2. The van der Waals surface area contributed by atoms with E-state index >= 15 is 0 Å². The highest BCUT2D eigenvalue weighted by Gasteiger charge is 2.13. The molecule has 0 saturated heterocycles. The zero-order valence-electron chi connectivity index (χ0n) is 15.1. The minimum absolute atomic E-state index is 0.268. The van der Waals surface area contributed by atoms with E-state index < -0.39 is 11.7 Å². The fourth-order valence-corrected chi connectivity index (χ4v) is 3.33. The standard InChI is InChI=1S/C23H15BrFN3O/c24-17-10-11-20(25)16(12-17)14-26-28-23(29)19-13-22(15-6-2-1-3-7-15)27-21-9-5-4-8-18(19)21/h1-14H,(H,28,29). The predicted octanol–water partition coefficient (Wildman–Crippen LogP) is 5.57. The third-order valence-corrected chi connectivity index (χ3v) is 4.85. The molecule has 0 aliphatic rings. The molecule has 142 valence electrons. The zero-order valence-corrected chi connectivity index (χ0v) is 16.7. The van der Waals surface area contributed by atoms with Gasteiger partial charge in [-0.25, -0.2) is 14.8 Å². The van der Waals surface area contributed by atoms with Gasteiger partial charge in [-0.3, -0.25) is 4.79 Å². The van der Waals surface area contributed by atoms with E-state index in [4.69, 9.17) is 0 Å². The number of hydrazone groups is 1. The van der Waals surface area contributed by atoms with Crippen LogP contribution < -0.4 is 5.43 Å². The summed E-state index contributed by atoms with van der Waals surface area (Å²) in [6.07, 6.45) is 1.28. The van der Waals surface area contributed by atoms with Crippen LogP contribution in [0, 0.1) is 5.82 Å². The molecule has 0 radical (unpaired) electrons. The maximum Gasteiger partial charge on any atom is 0.272 e. The number of hydrogen-bond donors (Lipinski definition) is 1. The van der Waals surface area contributed by atoms with Crippen molar-refractivity contribution in [2.45, 2.75) is 0 Å². The number of benzene rings is 3. The Kier molecular flexibility index (Phi) is 5.44. The Labute approximate surface area is 175 Å². The van der Waals surface area contributed by atoms with Gasteiger partial charge in [0.15, 0.2) is 0 Å². The average molecular weight is 448 g/mol. The smallest absolute Gasteiger partial charge is 0.267 e. The fourth-order valence-electron chi connectivity index (χ4n) is 2.95. The summed E-state index contributed by atoms with van der Waals surface area (Å²) in [7, 11) is 0. The minimum Gasteiger partial charge on any atom is -0.267 e. The second-order valence-electron chi connectivity index (χ2n) is 6.30. The second kappa shape index (κ2) is 8.32. The van der Waals surface area contributed by atoms with Crippen LogP contribution in [-0.2, 0) is 0 Å². The molecule has 0 saturated carbocycles. The van der Waals surface area contributed by atoms with Gasteiger partial charge < -0.3 is 0 Å². The van der Waals surface area contributed by atoms with E-state index in [1.807, 2.05) is 54.6 Å². The van der Waals surface area contributed by atoms with E-state index in [1.165, 1.54) is 12.3 Å². The summed E-state index contributed by atoms with van der Waals surface area (Å²) in [4.78, 5) is 17.5. The van der Waals surface area contributed by atoms with Crippen LogP contribution in [-0.4, -0.2) is 17.1 Å². The lowest BCUT2D eigenvalue weighted by Crippen LogP contribution is -2.18. The van der Waals surface area contributed by atoms with Crippen LogP contribution in [0.15, 0.2) is 88.4 Å². The predicted molar refractivity (Wildman–Crippen MR) is 116 cm³/mol. The molecule has 0 atom stereocenters. The number of amides is 1. The normalized spacial score (nSPS) is 11.1. The van der Waals surface area contributed by atoms with Gasteiger partial charge in [-0.2, -0.15) is 5.10 Å². The first-order chi connectivity index (χ1) is 14.1. The monoisotopic (exact) mass is 447 g/mol. The Balaban J connectivity index is 1.68. The molecule has 29 heavy (non-hydrogen) atoms. The SMILES string of the molecule is O=C(NN=Cc1cc(Br)ccc1F)c1cc(-c2ccccc2)nc2ccccc12. The summed E-state index contributed by atoms with van der Waals surface area (Å²) in [6, 6.07) is 23.3. The number of para-hydroxylation sites is 1. The molecular formula is C23H15BrFN3O. The molecule has 6 heteroatoms. The van der Waals surface area contributed by atoms with E-state index in [9.17, 15) is 9.18 Å². The summed E-state index contributed by atoms with van der Waals surface area (Å²) >= 11 is 3.29. The van der Waals surface area contributed by atoms with Gasteiger partial charge in [0.1, 0.15) is 5.82 Å². The maximum atomic E-state index is 13.8. The molecule has 1 aromatic heterocycles. The number of nitrogens with one attached hydrogen (secondary N) is 1. The van der Waals surface area contributed by atoms with Gasteiger partial charge in [0.2, 0.25) is 0 Å². The molecule has 3 aromatic carbocycles. The molecule has 4 aromatic rings. The molecule has 0 aliphatic heterocycles. The third-order valence-electron chi connectivity index (χ3n) is 4.36. The average Bonchev–Trinajstić information content (AvgIpc) is 2.76. The number of fused-ring (bicyclic) bond motifs is 1. The van der Waals surface area contributed by atoms with Crippen LogP contribution in [0.1, 0.15) is 15.9 Å². The van der Waals surface area contributed by atoms with E-state index in [-0.39, 0.29) is 5.56 Å². The number of carbonyl (C=O) groups is 1. The van der Waals surface area contributed by atoms with Crippen molar-refractivity contribution in [3.05, 3.63) is 100 Å². The molecule has 0 aliphatic carbocycles. The number of halogens is 2. The third kappa shape index (κ3) is 4.22. The van der Waals surface area contributed by atoms with Crippen molar-refractivity contribution in [3.63, 3.8) is 0 Å². The Hall–Kier alpha value is -3.38. The maximum absolute atomic E-state index is 13.8. The molecule has 0 spiro atoms. The van der Waals surface area contributed by atoms with Gasteiger partial charge in [-0.05, 0) is 30.3 Å². The van der Waals surface area contributed by atoms with Crippen molar-refractivity contribution >= 4 is 39.0 Å². The number of carbonyl (C=O) groups excluding carboxylic acids is 1. The van der Waals surface area contributed by atoms with E-state index in [0.29, 0.717) is 22.2 Å². The summed E-state index contributed by atoms with van der Waals surface area (Å²) in [6.45, 7) is 0. The molecule has 0 fully saturated rings. The van der Waals surface area contributed by atoms with Gasteiger partial charge in [-0.1, -0.05) is 64.5 Å². The fraction of sp³-hybridized carbons (Fsp3) is 0. The minimum atomic E-state index is -0.424. The van der Waals surface area contributed by atoms with E-state index in [2.05, 4.69) is 31.4 Å². The lowest BCUT2D eigenvalue weighted by atomic mass is 10.0. The second-order valence-corrected chi connectivity index (χ2v) is 7.22. The van der Waals surface area contributed by atoms with Gasteiger partial charge in [0, 0.05) is 21.0 Å². The first-order valence-corrected chi connectivity index (χ1v) is 9.65. The van der Waals surface area contributed by atoms with Gasteiger partial charge in [-0.15, -0.1) is 0 Å². The molecule has 0 bridgehead atoms. The van der Waals surface area contributed by atoms with Crippen LogP contribution in [0.25, 0.3) is 22.2 Å². The number of hydrogen-bond acceptors (Lipinski definition) is 3. The summed E-state index contributed by atoms with van der Waals surface area (Å²) in [5, 5.41) is 4.64. The van der Waals surface area contributed by atoms with E-state index in [0.717, 1.165) is 10.0 Å². The highest BCUT2D eigenvalue weighted by molar-refractivity contribution is 9.10. The Morgan fingerprint density at radius 3 is 2.59 bits per heavy atom. The highest BCUT2D eigenvalue weighted by Crippen LogP contribution is 2.24. The van der Waals surface area contributed by atoms with E-state index in [1.54, 1.807) is 18.2 Å². The summed E-state index contributed by atoms with van der Waals surface area (Å²) in [5.41, 5.74) is 5.51. The molecular weight excluding hydrogens is 433 g/mol. The Bertz CT molecular complexity index is 1230. The van der Waals surface area contributed by atoms with Crippen LogP contribution in [0.5, 0.6) is 0 Å². The molecule has 0 unspecified atom stereocenters. The molecule has 4 nitrogen and oxygen atoms in total. The number of pyridine rings is 1. The lowest BCUT2D eigenvalue weighted by Gasteiger charge is -2.09. The van der Waals surface area contributed by atoms with Crippen LogP contribution in [0.3, 0.4) is 0 Å². The van der Waals surface area contributed by atoms with Crippen molar-refractivity contribution in [1.29, 1.82) is 0 Å². The number of aromatic nitrogens is 1. The highest BCUT2D eigenvalue weighted by atomic mass is 79.9. The number of nitrogens with zero attached hydrogens (tertiary/aromatic N) is 2. The number of rotatable bonds is 4. The lowest BCUT2D eigenvalue weighted by molar-refractivity contribution is 0.0956. The largest absolute Gasteiger partial charge is 0.272 e. The molecule has 1 N–H and O–H groups in total. The van der Waals surface area contributed by atoms with Crippen molar-refractivity contribution in [1.82, 2.24) is 10.4 Å². The first-order valence-electron chi connectivity index (χ1n) is 8.85. The first kappa shape index (κ1) is 19.0. The van der Waals surface area contributed by atoms with Gasteiger partial charge >= 0.3 is 0 Å². The van der Waals surface area contributed by atoms with Crippen molar-refractivity contribution in [3.8, 4) is 11.3 Å². The quantitative estimate of drug-likeness (QED) is 0.328. The van der Waals surface area contributed by atoms with Gasteiger partial charge in [0.05, 0.1) is 23.0 Å². The Morgan fingerprint density at radius 1 is 1.00 bits per heavy atom. The molecule has 1 heterocycles. The van der Waals surface area contributed by atoms with Crippen molar-refractivity contribution in [2.24, 2.45) is 5.10 Å². The van der Waals surface area contributed by atoms with Crippen LogP contribution in [0.2, 0.25) is 0 Å². The molecule has 1 amide bonds. The van der Waals surface area contributed by atoms with Crippen molar-refractivity contribution in [2.75, 3.05) is 0 Å². The molecule has 4 rings (SSSR count). The Morgan fingerprint density at radius 2 is 1.76 bits per heavy atom.